The predicted molar refractivity (Wildman–Crippen MR) is 78.6 cm³/mol. The van der Waals surface area contributed by atoms with Crippen molar-refractivity contribution in [2.45, 2.75) is 32.3 Å². The fraction of sp³-hybridized carbons (Fsp3) is 0.647. The van der Waals surface area contributed by atoms with E-state index in [9.17, 15) is 8.78 Å². The molecule has 0 atom stereocenters. The molecule has 2 saturated heterocycles. The second-order valence-corrected chi connectivity index (χ2v) is 6.12. The summed E-state index contributed by atoms with van der Waals surface area (Å²) in [6.07, 6.45) is 1.21. The van der Waals surface area contributed by atoms with Gasteiger partial charge in [0.05, 0.1) is 32.3 Å². The first-order valence-electron chi connectivity index (χ1n) is 8.08. The van der Waals surface area contributed by atoms with Crippen molar-refractivity contribution in [3.8, 4) is 0 Å². The van der Waals surface area contributed by atoms with Crippen molar-refractivity contribution in [1.82, 2.24) is 0 Å². The highest BCUT2D eigenvalue weighted by molar-refractivity contribution is 5.19. The van der Waals surface area contributed by atoms with Crippen LogP contribution in [0.5, 0.6) is 0 Å². The lowest BCUT2D eigenvalue weighted by Gasteiger charge is -2.37. The van der Waals surface area contributed by atoms with Crippen molar-refractivity contribution in [3.05, 3.63) is 35.4 Å². The molecule has 0 unspecified atom stereocenters. The molecule has 1 aromatic carbocycles. The Morgan fingerprint density at radius 1 is 0.957 bits per heavy atom. The minimum absolute atomic E-state index is 0.0147. The first kappa shape index (κ1) is 16.8. The van der Waals surface area contributed by atoms with Crippen LogP contribution in [0.3, 0.4) is 0 Å². The van der Waals surface area contributed by atoms with Crippen LogP contribution in [0.25, 0.3) is 0 Å². The van der Waals surface area contributed by atoms with Crippen molar-refractivity contribution >= 4 is 0 Å². The van der Waals surface area contributed by atoms with Crippen molar-refractivity contribution in [3.63, 3.8) is 0 Å². The van der Waals surface area contributed by atoms with Gasteiger partial charge in [-0.2, -0.15) is 0 Å². The van der Waals surface area contributed by atoms with Gasteiger partial charge in [-0.3, -0.25) is 0 Å². The van der Waals surface area contributed by atoms with Crippen LogP contribution < -0.4 is 0 Å². The molecule has 2 aliphatic rings. The Hall–Kier alpha value is -1.08. The minimum atomic E-state index is -0.905. The van der Waals surface area contributed by atoms with E-state index in [1.165, 1.54) is 6.07 Å². The molecule has 0 aromatic heterocycles. The summed E-state index contributed by atoms with van der Waals surface area (Å²) in [6, 6.07) is 3.64. The zero-order chi connectivity index (χ0) is 16.2. The number of hydrogen-bond acceptors (Lipinski definition) is 4. The van der Waals surface area contributed by atoms with Crippen LogP contribution in [0, 0.1) is 23.5 Å². The lowest BCUT2D eigenvalue weighted by atomic mass is 10.0. The SMILES string of the molecule is CCCC1COC(C2COC(c3ccc(F)c(F)c3)OC2)OC1. The molecule has 0 aliphatic carbocycles. The third-order valence-electron chi connectivity index (χ3n) is 4.21. The van der Waals surface area contributed by atoms with E-state index < -0.39 is 17.9 Å². The van der Waals surface area contributed by atoms with E-state index in [1.807, 2.05) is 0 Å². The van der Waals surface area contributed by atoms with E-state index >= 15 is 0 Å². The third kappa shape index (κ3) is 4.07. The number of benzene rings is 1. The highest BCUT2D eigenvalue weighted by Crippen LogP contribution is 2.30. The molecule has 4 nitrogen and oxygen atoms in total. The minimum Gasteiger partial charge on any atom is -0.352 e. The molecular formula is C17H22F2O4. The molecule has 0 bridgehead atoms. The largest absolute Gasteiger partial charge is 0.352 e. The van der Waals surface area contributed by atoms with Gasteiger partial charge in [0, 0.05) is 11.5 Å². The third-order valence-corrected chi connectivity index (χ3v) is 4.21. The predicted octanol–water partition coefficient (Wildman–Crippen LogP) is 3.42. The first-order valence-corrected chi connectivity index (χ1v) is 8.08. The summed E-state index contributed by atoms with van der Waals surface area (Å²) < 4.78 is 49.0. The van der Waals surface area contributed by atoms with Gasteiger partial charge < -0.3 is 18.9 Å². The number of ether oxygens (including phenoxy) is 4. The Kier molecular flexibility index (Phi) is 5.58. The molecule has 2 heterocycles. The van der Waals surface area contributed by atoms with Crippen LogP contribution in [0.15, 0.2) is 18.2 Å². The molecule has 6 heteroatoms. The van der Waals surface area contributed by atoms with Crippen molar-refractivity contribution in [2.75, 3.05) is 26.4 Å². The summed E-state index contributed by atoms with van der Waals surface area (Å²) in [4.78, 5) is 0. The zero-order valence-electron chi connectivity index (χ0n) is 13.2. The van der Waals surface area contributed by atoms with Gasteiger partial charge in [0.25, 0.3) is 0 Å². The Bertz CT molecular complexity index is 509. The Balaban J connectivity index is 1.50. The molecule has 0 radical (unpaired) electrons. The normalized spacial score (nSPS) is 32.0. The first-order chi connectivity index (χ1) is 11.2. The Labute approximate surface area is 134 Å². The van der Waals surface area contributed by atoms with Gasteiger partial charge in [0.1, 0.15) is 0 Å². The molecule has 1 aromatic rings. The monoisotopic (exact) mass is 328 g/mol. The number of hydrogen-bond donors (Lipinski definition) is 0. The van der Waals surface area contributed by atoms with Crippen molar-refractivity contribution < 1.29 is 27.7 Å². The van der Waals surface area contributed by atoms with Gasteiger partial charge in [0.15, 0.2) is 24.2 Å². The summed E-state index contributed by atoms with van der Waals surface area (Å²) in [7, 11) is 0. The van der Waals surface area contributed by atoms with Crippen molar-refractivity contribution in [2.24, 2.45) is 11.8 Å². The van der Waals surface area contributed by atoms with Gasteiger partial charge in [-0.25, -0.2) is 8.78 Å². The fourth-order valence-corrected chi connectivity index (χ4v) is 2.93. The zero-order valence-corrected chi connectivity index (χ0v) is 13.2. The van der Waals surface area contributed by atoms with Gasteiger partial charge in [-0.1, -0.05) is 19.4 Å². The van der Waals surface area contributed by atoms with E-state index in [4.69, 9.17) is 18.9 Å². The molecule has 2 aliphatic heterocycles. The van der Waals surface area contributed by atoms with Gasteiger partial charge >= 0.3 is 0 Å². The quantitative estimate of drug-likeness (QED) is 0.849. The average molecular weight is 328 g/mol. The van der Waals surface area contributed by atoms with Crippen LogP contribution in [0.4, 0.5) is 8.78 Å². The van der Waals surface area contributed by atoms with E-state index in [0.717, 1.165) is 25.0 Å². The van der Waals surface area contributed by atoms with E-state index in [1.54, 1.807) is 0 Å². The van der Waals surface area contributed by atoms with Crippen LogP contribution in [-0.4, -0.2) is 32.7 Å². The fourth-order valence-electron chi connectivity index (χ4n) is 2.93. The maximum atomic E-state index is 13.3. The Morgan fingerprint density at radius 2 is 1.65 bits per heavy atom. The molecule has 0 saturated carbocycles. The van der Waals surface area contributed by atoms with Gasteiger partial charge in [-0.05, 0) is 18.6 Å². The van der Waals surface area contributed by atoms with Crippen molar-refractivity contribution in [1.29, 1.82) is 0 Å². The summed E-state index contributed by atoms with van der Waals surface area (Å²) in [5, 5.41) is 0. The highest BCUT2D eigenvalue weighted by Gasteiger charge is 2.34. The lowest BCUT2D eigenvalue weighted by molar-refractivity contribution is -0.283. The summed E-state index contributed by atoms with van der Waals surface area (Å²) >= 11 is 0. The van der Waals surface area contributed by atoms with Crippen LogP contribution in [0.1, 0.15) is 31.6 Å². The summed E-state index contributed by atoms with van der Waals surface area (Å²) in [6.45, 7) is 4.33. The molecule has 0 N–H and O–H groups in total. The number of rotatable bonds is 4. The van der Waals surface area contributed by atoms with E-state index in [2.05, 4.69) is 6.92 Å². The van der Waals surface area contributed by atoms with Crippen LogP contribution in [0.2, 0.25) is 0 Å². The van der Waals surface area contributed by atoms with Gasteiger partial charge in [-0.15, -0.1) is 0 Å². The second-order valence-electron chi connectivity index (χ2n) is 6.12. The molecule has 128 valence electrons. The maximum Gasteiger partial charge on any atom is 0.183 e. The van der Waals surface area contributed by atoms with Crippen LogP contribution in [-0.2, 0) is 18.9 Å². The Morgan fingerprint density at radius 3 is 2.26 bits per heavy atom. The molecule has 3 rings (SSSR count). The summed E-state index contributed by atoms with van der Waals surface area (Å²) in [5.74, 6) is -1.35. The van der Waals surface area contributed by atoms with E-state index in [0.29, 0.717) is 37.9 Å². The maximum absolute atomic E-state index is 13.3. The smallest absolute Gasteiger partial charge is 0.183 e. The topological polar surface area (TPSA) is 36.9 Å². The molecular weight excluding hydrogens is 306 g/mol. The molecule has 2 fully saturated rings. The van der Waals surface area contributed by atoms with Gasteiger partial charge in [0.2, 0.25) is 0 Å². The standard InChI is InChI=1S/C17H22F2O4/c1-2-3-11-7-20-17(21-8-11)13-9-22-16(23-10-13)12-4-5-14(18)15(19)6-12/h4-6,11,13,16-17H,2-3,7-10H2,1H3. The average Bonchev–Trinajstić information content (AvgIpc) is 2.59. The van der Waals surface area contributed by atoms with E-state index in [-0.39, 0.29) is 12.2 Å². The molecule has 0 spiro atoms. The second kappa shape index (κ2) is 7.66. The lowest BCUT2D eigenvalue weighted by Crippen LogP contribution is -2.43. The number of halogens is 2. The molecule has 23 heavy (non-hydrogen) atoms. The summed E-state index contributed by atoms with van der Waals surface area (Å²) in [5.41, 5.74) is 0.468. The molecule has 0 amide bonds. The highest BCUT2D eigenvalue weighted by atomic mass is 19.2. The van der Waals surface area contributed by atoms with Crippen LogP contribution >= 0.6 is 0 Å².